The Hall–Kier alpha value is -1.02. The van der Waals surface area contributed by atoms with Crippen LogP contribution in [0.25, 0.3) is 0 Å². The summed E-state index contributed by atoms with van der Waals surface area (Å²) in [6.07, 6.45) is 4.46. The normalized spacial score (nSPS) is 28.5. The average molecular weight is 354 g/mol. The van der Waals surface area contributed by atoms with Crippen LogP contribution in [-0.2, 0) is 26.1 Å². The van der Waals surface area contributed by atoms with Gasteiger partial charge in [0.25, 0.3) is 0 Å². The van der Waals surface area contributed by atoms with Crippen LogP contribution in [0.2, 0.25) is 0 Å². The van der Waals surface area contributed by atoms with Crippen LogP contribution >= 0.6 is 0 Å². The van der Waals surface area contributed by atoms with E-state index in [1.807, 2.05) is 18.2 Å². The van der Waals surface area contributed by atoms with Crippen molar-refractivity contribution in [1.29, 1.82) is 0 Å². The van der Waals surface area contributed by atoms with Gasteiger partial charge < -0.3 is 9.47 Å². The van der Waals surface area contributed by atoms with E-state index < -0.39 is 10.0 Å². The Morgan fingerprint density at radius 3 is 3.08 bits per heavy atom. The summed E-state index contributed by atoms with van der Waals surface area (Å²) in [5.74, 6) is 0.142. The van der Waals surface area contributed by atoms with Crippen molar-refractivity contribution in [3.63, 3.8) is 0 Å². The first-order valence-corrected chi connectivity index (χ1v) is 10.2. The van der Waals surface area contributed by atoms with Gasteiger partial charge >= 0.3 is 0 Å². The number of aromatic nitrogens is 1. The molecule has 0 amide bonds. The molecule has 2 aliphatic rings. The lowest BCUT2D eigenvalue weighted by molar-refractivity contribution is -0.144. The van der Waals surface area contributed by atoms with Gasteiger partial charge in [-0.25, -0.2) is 12.7 Å². The van der Waals surface area contributed by atoms with Gasteiger partial charge in [0.15, 0.2) is 0 Å². The molecule has 2 unspecified atom stereocenters. The number of hydrogen-bond donors (Lipinski definition) is 0. The minimum atomic E-state index is -3.18. The third-order valence-corrected chi connectivity index (χ3v) is 6.90. The van der Waals surface area contributed by atoms with Crippen molar-refractivity contribution >= 4 is 10.0 Å². The molecule has 0 aromatic carbocycles. The van der Waals surface area contributed by atoms with Gasteiger partial charge in [0, 0.05) is 31.3 Å². The molecule has 0 saturated carbocycles. The Balaban J connectivity index is 1.69. The minimum Gasteiger partial charge on any atom is -0.377 e. The van der Waals surface area contributed by atoms with Crippen LogP contribution in [0.5, 0.6) is 0 Å². The summed E-state index contributed by atoms with van der Waals surface area (Å²) in [5.41, 5.74) is 0.643. The lowest BCUT2D eigenvalue weighted by Crippen LogP contribution is -2.58. The maximum atomic E-state index is 12.3. The fourth-order valence-corrected chi connectivity index (χ4v) is 4.93. The largest absolute Gasteiger partial charge is 0.377 e. The highest BCUT2D eigenvalue weighted by atomic mass is 32.2. The predicted molar refractivity (Wildman–Crippen MR) is 91.0 cm³/mol. The molecule has 1 aromatic rings. The molecule has 3 heterocycles. The van der Waals surface area contributed by atoms with Crippen molar-refractivity contribution in [1.82, 2.24) is 9.29 Å². The first-order chi connectivity index (χ1) is 11.6. The van der Waals surface area contributed by atoms with Gasteiger partial charge in [0.05, 0.1) is 30.8 Å². The lowest BCUT2D eigenvalue weighted by atomic mass is 9.73. The van der Waals surface area contributed by atoms with Gasteiger partial charge in [-0.05, 0) is 38.3 Å². The van der Waals surface area contributed by atoms with Crippen molar-refractivity contribution < 1.29 is 17.9 Å². The molecule has 0 bridgehead atoms. The Labute approximate surface area is 144 Å². The van der Waals surface area contributed by atoms with E-state index in [1.54, 1.807) is 17.4 Å². The quantitative estimate of drug-likeness (QED) is 0.779. The molecular formula is C17H26N2O4S. The number of nitrogens with zero attached hydrogens (tertiary/aromatic N) is 2. The van der Waals surface area contributed by atoms with Crippen LogP contribution in [0.15, 0.2) is 24.4 Å². The second-order valence-electron chi connectivity index (χ2n) is 6.66. The number of fused-ring (bicyclic) bond motifs is 1. The summed E-state index contributed by atoms with van der Waals surface area (Å²) < 4.78 is 38.1. The third-order valence-electron chi connectivity index (χ3n) is 5.08. The average Bonchev–Trinajstić information content (AvgIpc) is 2.62. The number of piperidine rings is 1. The zero-order valence-corrected chi connectivity index (χ0v) is 15.0. The second-order valence-corrected chi connectivity index (χ2v) is 8.92. The molecule has 2 saturated heterocycles. The number of rotatable bonds is 6. The summed E-state index contributed by atoms with van der Waals surface area (Å²) in [6.45, 7) is 4.44. The predicted octanol–water partition coefficient (Wildman–Crippen LogP) is 1.82. The first-order valence-electron chi connectivity index (χ1n) is 8.63. The van der Waals surface area contributed by atoms with E-state index in [9.17, 15) is 8.42 Å². The molecule has 7 heteroatoms. The smallest absolute Gasteiger partial charge is 0.213 e. The van der Waals surface area contributed by atoms with E-state index in [2.05, 4.69) is 4.98 Å². The second kappa shape index (κ2) is 7.47. The van der Waals surface area contributed by atoms with Crippen LogP contribution in [0, 0.1) is 5.41 Å². The maximum absolute atomic E-state index is 12.3. The number of ether oxygens (including phenoxy) is 2. The molecular weight excluding hydrogens is 328 g/mol. The zero-order valence-electron chi connectivity index (χ0n) is 14.2. The molecule has 0 aliphatic carbocycles. The van der Waals surface area contributed by atoms with Crippen molar-refractivity contribution in [2.24, 2.45) is 5.41 Å². The number of hydrogen-bond acceptors (Lipinski definition) is 5. The van der Waals surface area contributed by atoms with Crippen molar-refractivity contribution in [3.8, 4) is 0 Å². The van der Waals surface area contributed by atoms with Gasteiger partial charge in [-0.15, -0.1) is 0 Å². The molecule has 134 valence electrons. The monoisotopic (exact) mass is 354 g/mol. The lowest BCUT2D eigenvalue weighted by Gasteiger charge is -2.49. The fourth-order valence-electron chi connectivity index (χ4n) is 3.72. The summed E-state index contributed by atoms with van der Waals surface area (Å²) in [7, 11) is -3.18. The highest BCUT2D eigenvalue weighted by molar-refractivity contribution is 7.89. The van der Waals surface area contributed by atoms with E-state index in [1.165, 1.54) is 0 Å². The molecule has 2 atom stereocenters. The highest BCUT2D eigenvalue weighted by Crippen LogP contribution is 2.41. The van der Waals surface area contributed by atoms with Crippen molar-refractivity contribution in [3.05, 3.63) is 30.1 Å². The molecule has 2 fully saturated rings. The number of sulfonamides is 1. The summed E-state index contributed by atoms with van der Waals surface area (Å²) in [5, 5.41) is 0. The van der Waals surface area contributed by atoms with Crippen LogP contribution in [-0.4, -0.2) is 55.9 Å². The zero-order chi connectivity index (χ0) is 17.0. The first kappa shape index (κ1) is 17.8. The molecule has 6 nitrogen and oxygen atoms in total. The van der Waals surface area contributed by atoms with E-state index in [0.717, 1.165) is 31.6 Å². The third kappa shape index (κ3) is 3.79. The Kier molecular flexibility index (Phi) is 5.54. The molecule has 1 aromatic heterocycles. The van der Waals surface area contributed by atoms with Crippen LogP contribution in [0.3, 0.4) is 0 Å². The summed E-state index contributed by atoms with van der Waals surface area (Å²) in [4.78, 5) is 4.27. The fraction of sp³-hybridized carbons (Fsp3) is 0.706. The molecule has 2 aliphatic heterocycles. The van der Waals surface area contributed by atoms with Gasteiger partial charge in [-0.3, -0.25) is 4.98 Å². The molecule has 24 heavy (non-hydrogen) atoms. The number of pyridine rings is 1. The molecule has 3 rings (SSSR count). The van der Waals surface area contributed by atoms with Crippen LogP contribution in [0.1, 0.15) is 31.9 Å². The van der Waals surface area contributed by atoms with Crippen molar-refractivity contribution in [2.75, 3.05) is 32.1 Å². The molecule has 0 radical (unpaired) electrons. The van der Waals surface area contributed by atoms with E-state index in [-0.39, 0.29) is 17.3 Å². The highest BCUT2D eigenvalue weighted by Gasteiger charge is 2.48. The van der Waals surface area contributed by atoms with E-state index in [4.69, 9.17) is 9.47 Å². The standard InChI is InChI=1S/C17H26N2O4S/c1-2-24(20,21)19-10-7-16-17(13-19,8-5-11-23-16)14-22-12-15-6-3-4-9-18-15/h3-4,6,9,16H,2,5,7-8,10-14H2,1H3. The van der Waals surface area contributed by atoms with Gasteiger partial charge in [0.2, 0.25) is 10.0 Å². The van der Waals surface area contributed by atoms with Crippen LogP contribution < -0.4 is 0 Å². The Morgan fingerprint density at radius 2 is 2.33 bits per heavy atom. The minimum absolute atomic E-state index is 0.0817. The topological polar surface area (TPSA) is 68.7 Å². The molecule has 0 N–H and O–H groups in total. The van der Waals surface area contributed by atoms with Crippen molar-refractivity contribution in [2.45, 2.75) is 38.9 Å². The van der Waals surface area contributed by atoms with Gasteiger partial charge in [-0.1, -0.05) is 6.07 Å². The summed E-state index contributed by atoms with van der Waals surface area (Å²) in [6, 6.07) is 5.75. The summed E-state index contributed by atoms with van der Waals surface area (Å²) >= 11 is 0. The maximum Gasteiger partial charge on any atom is 0.213 e. The molecule has 0 spiro atoms. The van der Waals surface area contributed by atoms with E-state index in [0.29, 0.717) is 26.3 Å². The van der Waals surface area contributed by atoms with Gasteiger partial charge in [0.1, 0.15) is 0 Å². The Bertz CT molecular complexity index is 637. The van der Waals surface area contributed by atoms with E-state index >= 15 is 0 Å². The van der Waals surface area contributed by atoms with Crippen LogP contribution in [0.4, 0.5) is 0 Å². The van der Waals surface area contributed by atoms with Gasteiger partial charge in [-0.2, -0.15) is 0 Å². The Morgan fingerprint density at radius 1 is 1.46 bits per heavy atom. The SMILES string of the molecule is CCS(=O)(=O)N1CCC2OCCCC2(COCc2ccccn2)C1.